The van der Waals surface area contributed by atoms with Crippen molar-refractivity contribution in [3.8, 4) is 18.2 Å². The maximum Gasteiger partial charge on any atom is 0.349 e. The Morgan fingerprint density at radius 2 is 1.83 bits per heavy atom. The number of allylic oxidation sites excluding steroid dienone is 3. The number of esters is 1. The zero-order valence-electron chi connectivity index (χ0n) is 14.1. The molecule has 1 aliphatic carbocycles. The third kappa shape index (κ3) is 4.88. The molecule has 24 heavy (non-hydrogen) atoms. The fraction of sp³-hybridized carbons (Fsp3) is 0.556. The predicted octanol–water partition coefficient (Wildman–Crippen LogP) is 4.00. The molecule has 1 atom stereocenters. The van der Waals surface area contributed by atoms with Gasteiger partial charge in [-0.05, 0) is 38.0 Å². The van der Waals surface area contributed by atoms with Crippen LogP contribution in [0.2, 0.25) is 0 Å². The smallest absolute Gasteiger partial charge is 0.349 e. The summed E-state index contributed by atoms with van der Waals surface area (Å²) in [6.45, 7) is 1.89. The third-order valence-corrected chi connectivity index (χ3v) is 4.96. The summed E-state index contributed by atoms with van der Waals surface area (Å²) in [6, 6.07) is 5.92. The number of nitrogens with zero attached hydrogens (tertiary/aromatic N) is 3. The molecule has 0 amide bonds. The van der Waals surface area contributed by atoms with Crippen molar-refractivity contribution in [2.75, 3.05) is 12.9 Å². The highest BCUT2D eigenvalue weighted by Gasteiger charge is 2.28. The van der Waals surface area contributed by atoms with Crippen LogP contribution in [0.5, 0.6) is 0 Å². The van der Waals surface area contributed by atoms with Crippen molar-refractivity contribution in [3.63, 3.8) is 0 Å². The molecule has 1 rings (SSSR count). The van der Waals surface area contributed by atoms with E-state index in [0.29, 0.717) is 11.3 Å². The van der Waals surface area contributed by atoms with Crippen LogP contribution in [-0.4, -0.2) is 18.8 Å². The van der Waals surface area contributed by atoms with E-state index >= 15 is 0 Å². The molecule has 0 radical (unpaired) electrons. The summed E-state index contributed by atoms with van der Waals surface area (Å²) in [4.78, 5) is 12.7. The molecule has 0 bridgehead atoms. The van der Waals surface area contributed by atoms with Gasteiger partial charge in [-0.25, -0.2) is 4.79 Å². The van der Waals surface area contributed by atoms with Gasteiger partial charge in [-0.2, -0.15) is 15.8 Å². The van der Waals surface area contributed by atoms with Crippen LogP contribution >= 0.6 is 11.8 Å². The lowest BCUT2D eigenvalue weighted by Crippen LogP contribution is -2.16. The maximum absolute atomic E-state index is 12.1. The minimum absolute atomic E-state index is 0.0114. The van der Waals surface area contributed by atoms with Crippen LogP contribution in [0.1, 0.15) is 45.4 Å². The predicted molar refractivity (Wildman–Crippen MR) is 92.2 cm³/mol. The Balaban J connectivity index is 3.49. The highest BCUT2D eigenvalue weighted by Crippen LogP contribution is 2.40. The van der Waals surface area contributed by atoms with Gasteiger partial charge in [0, 0.05) is 10.8 Å². The van der Waals surface area contributed by atoms with E-state index in [1.54, 1.807) is 13.2 Å². The zero-order chi connectivity index (χ0) is 17.9. The topological polar surface area (TPSA) is 97.7 Å². The summed E-state index contributed by atoms with van der Waals surface area (Å²) < 4.78 is 4.99. The number of nitriles is 3. The second kappa shape index (κ2) is 10.5. The molecular weight excluding hydrogens is 322 g/mol. The van der Waals surface area contributed by atoms with E-state index in [4.69, 9.17) is 4.74 Å². The minimum Gasteiger partial charge on any atom is -0.462 e. The quantitative estimate of drug-likeness (QED) is 0.434. The van der Waals surface area contributed by atoms with Gasteiger partial charge < -0.3 is 4.74 Å². The van der Waals surface area contributed by atoms with Crippen LogP contribution in [0, 0.1) is 39.9 Å². The van der Waals surface area contributed by atoms with E-state index in [2.05, 4.69) is 0 Å². The van der Waals surface area contributed by atoms with Gasteiger partial charge in [-0.3, -0.25) is 0 Å². The largest absolute Gasteiger partial charge is 0.462 e. The Kier molecular flexibility index (Phi) is 8.69. The van der Waals surface area contributed by atoms with Gasteiger partial charge in [0.15, 0.2) is 0 Å². The van der Waals surface area contributed by atoms with Gasteiger partial charge in [0.1, 0.15) is 29.4 Å². The van der Waals surface area contributed by atoms with Crippen molar-refractivity contribution in [1.29, 1.82) is 15.8 Å². The second-order valence-electron chi connectivity index (χ2n) is 5.40. The molecule has 1 saturated carbocycles. The fourth-order valence-corrected chi connectivity index (χ4v) is 3.82. The van der Waals surface area contributed by atoms with Crippen molar-refractivity contribution < 1.29 is 9.53 Å². The van der Waals surface area contributed by atoms with Gasteiger partial charge in [-0.15, -0.1) is 11.8 Å². The minimum atomic E-state index is -0.638. The molecule has 0 saturated heterocycles. The SMILES string of the molecule is CCOC(=O)/C(C#N)=C(/SC)[C@H]1CCCCCCC1=C(C#N)C#N. The highest BCUT2D eigenvalue weighted by atomic mass is 32.2. The van der Waals surface area contributed by atoms with Crippen molar-refractivity contribution in [2.45, 2.75) is 45.4 Å². The van der Waals surface area contributed by atoms with Crippen LogP contribution in [0.3, 0.4) is 0 Å². The average molecular weight is 343 g/mol. The van der Waals surface area contributed by atoms with Gasteiger partial charge in [0.2, 0.25) is 0 Å². The summed E-state index contributed by atoms with van der Waals surface area (Å²) in [5.41, 5.74) is 0.846. The Morgan fingerprint density at radius 1 is 1.17 bits per heavy atom. The standard InChI is InChI=1S/C18H21N3O2S/c1-3-23-18(22)16(12-21)17(24-2)15-9-7-5-4-6-8-14(15)13(10-19)11-20/h15H,3-9H2,1-2H3/b17-16+/t15-/m0/s1. The number of thioether (sulfide) groups is 1. The molecule has 126 valence electrons. The van der Waals surface area contributed by atoms with Crippen LogP contribution in [0.25, 0.3) is 0 Å². The first kappa shape index (κ1) is 19.8. The van der Waals surface area contributed by atoms with Crippen molar-refractivity contribution in [2.24, 2.45) is 5.92 Å². The van der Waals surface area contributed by atoms with Crippen LogP contribution < -0.4 is 0 Å². The van der Waals surface area contributed by atoms with Gasteiger partial charge in [0.25, 0.3) is 0 Å². The maximum atomic E-state index is 12.1. The van der Waals surface area contributed by atoms with Gasteiger partial charge in [-0.1, -0.05) is 19.3 Å². The number of carbonyl (C=O) groups excluding carboxylic acids is 1. The van der Waals surface area contributed by atoms with Crippen LogP contribution in [-0.2, 0) is 9.53 Å². The first-order chi connectivity index (χ1) is 11.6. The molecule has 1 aliphatic rings. The van der Waals surface area contributed by atoms with E-state index < -0.39 is 5.97 Å². The highest BCUT2D eigenvalue weighted by molar-refractivity contribution is 8.02. The number of rotatable bonds is 4. The van der Waals surface area contributed by atoms with Crippen molar-refractivity contribution in [1.82, 2.24) is 0 Å². The second-order valence-corrected chi connectivity index (χ2v) is 6.25. The fourth-order valence-electron chi connectivity index (χ4n) is 2.95. The molecule has 0 aromatic carbocycles. The lowest BCUT2D eigenvalue weighted by atomic mass is 9.82. The van der Waals surface area contributed by atoms with Gasteiger partial charge in [0.05, 0.1) is 6.61 Å². The van der Waals surface area contributed by atoms with Crippen LogP contribution in [0.15, 0.2) is 21.6 Å². The van der Waals surface area contributed by atoms with E-state index in [0.717, 1.165) is 37.7 Å². The average Bonchev–Trinajstić information content (AvgIpc) is 2.56. The Morgan fingerprint density at radius 3 is 2.38 bits per heavy atom. The summed E-state index contributed by atoms with van der Waals surface area (Å²) in [6.07, 6.45) is 7.14. The van der Waals surface area contributed by atoms with E-state index in [-0.39, 0.29) is 23.7 Å². The van der Waals surface area contributed by atoms with Crippen molar-refractivity contribution in [3.05, 3.63) is 21.6 Å². The number of carbonyl (C=O) groups is 1. The molecule has 0 unspecified atom stereocenters. The first-order valence-corrected chi connectivity index (χ1v) is 9.25. The van der Waals surface area contributed by atoms with Gasteiger partial charge >= 0.3 is 5.97 Å². The first-order valence-electron chi connectivity index (χ1n) is 8.03. The monoisotopic (exact) mass is 343 g/mol. The molecule has 0 aliphatic heterocycles. The zero-order valence-corrected chi connectivity index (χ0v) is 14.9. The Bertz CT molecular complexity index is 643. The molecule has 0 aromatic heterocycles. The summed E-state index contributed by atoms with van der Waals surface area (Å²) >= 11 is 1.32. The van der Waals surface area contributed by atoms with Crippen molar-refractivity contribution >= 4 is 17.7 Å². The normalized spacial score (nSPS) is 18.8. The number of hydrogen-bond donors (Lipinski definition) is 0. The molecule has 0 N–H and O–H groups in total. The van der Waals surface area contributed by atoms with E-state index in [9.17, 15) is 20.6 Å². The molecular formula is C18H21N3O2S. The lowest BCUT2D eigenvalue weighted by molar-refractivity contribution is -0.138. The molecule has 0 spiro atoms. The molecule has 0 aromatic rings. The number of ether oxygens (including phenoxy) is 1. The van der Waals surface area contributed by atoms with E-state index in [1.165, 1.54) is 11.8 Å². The third-order valence-electron chi connectivity index (χ3n) is 4.03. The Labute approximate surface area is 147 Å². The summed E-state index contributed by atoms with van der Waals surface area (Å²) in [7, 11) is 0. The molecule has 5 nitrogen and oxygen atoms in total. The number of hydrogen-bond acceptors (Lipinski definition) is 6. The van der Waals surface area contributed by atoms with Crippen LogP contribution in [0.4, 0.5) is 0 Å². The summed E-state index contributed by atoms with van der Waals surface area (Å²) in [5.74, 6) is -0.880. The molecule has 6 heteroatoms. The lowest BCUT2D eigenvalue weighted by Gasteiger charge is -2.25. The molecule has 0 heterocycles. The van der Waals surface area contributed by atoms with E-state index in [1.807, 2.05) is 18.2 Å². The summed E-state index contributed by atoms with van der Waals surface area (Å²) in [5, 5.41) is 28.0. The Hall–Kier alpha value is -2.23. The molecule has 1 fully saturated rings.